The largest absolute Gasteiger partial charge is 0.355 e. The molecular formula is C19H19N3O2S3. The molecule has 0 bridgehead atoms. The maximum Gasteiger partial charge on any atom is 0.192 e. The Balaban J connectivity index is 1.83. The molecule has 2 heterocycles. The number of hydrogen-bond acceptors (Lipinski definition) is 6. The van der Waals surface area contributed by atoms with Crippen LogP contribution in [0.1, 0.15) is 46.0 Å². The number of thioether (sulfide) groups is 1. The van der Waals surface area contributed by atoms with E-state index in [1.807, 2.05) is 44.2 Å². The van der Waals surface area contributed by atoms with E-state index in [0.717, 1.165) is 15.7 Å². The number of aryl methyl sites for hydroxylation is 1. The summed E-state index contributed by atoms with van der Waals surface area (Å²) in [5.74, 6) is -0.0966. The standard InChI is InChI=1S/C19H19N3O2S3/c1-10-15(12(3)23)11(2)20-16(10)17(24)13(4)26-18-21-22(19(25)27-18)14-8-6-5-7-9-14/h5-9,13,20H,1-4H3/t13-/m0/s1. The lowest BCUT2D eigenvalue weighted by atomic mass is 10.0. The molecule has 1 N–H and O–H groups in total. The van der Waals surface area contributed by atoms with Crippen molar-refractivity contribution in [3.8, 4) is 5.69 Å². The summed E-state index contributed by atoms with van der Waals surface area (Å²) in [6, 6.07) is 9.67. The molecule has 3 aromatic rings. The molecular weight excluding hydrogens is 398 g/mol. The number of para-hydroxylation sites is 1. The van der Waals surface area contributed by atoms with Gasteiger partial charge in [-0.25, -0.2) is 4.68 Å². The minimum absolute atomic E-state index is 0.0415. The molecule has 3 rings (SSSR count). The maximum atomic E-state index is 12.9. The van der Waals surface area contributed by atoms with Gasteiger partial charge in [-0.05, 0) is 57.6 Å². The minimum atomic E-state index is -0.355. The van der Waals surface area contributed by atoms with E-state index >= 15 is 0 Å². The van der Waals surface area contributed by atoms with E-state index < -0.39 is 0 Å². The quantitative estimate of drug-likeness (QED) is 0.340. The van der Waals surface area contributed by atoms with Crippen LogP contribution in [-0.2, 0) is 0 Å². The summed E-state index contributed by atoms with van der Waals surface area (Å²) in [6.07, 6.45) is 0. The SMILES string of the molecule is CC(=O)c1c(C)[nH]c(C(=O)[C@H](C)Sc2nn(-c3ccccc3)c(=S)s2)c1C. The molecule has 0 aliphatic heterocycles. The highest BCUT2D eigenvalue weighted by Crippen LogP contribution is 2.30. The molecule has 2 aromatic heterocycles. The van der Waals surface area contributed by atoms with Crippen molar-refractivity contribution in [2.45, 2.75) is 37.3 Å². The highest BCUT2D eigenvalue weighted by molar-refractivity contribution is 8.02. The molecule has 1 aromatic carbocycles. The van der Waals surface area contributed by atoms with E-state index in [2.05, 4.69) is 10.1 Å². The number of hydrogen-bond donors (Lipinski definition) is 1. The van der Waals surface area contributed by atoms with Gasteiger partial charge in [-0.2, -0.15) is 0 Å². The first-order valence-electron chi connectivity index (χ1n) is 8.36. The molecule has 0 unspecified atom stereocenters. The van der Waals surface area contributed by atoms with E-state index in [1.165, 1.54) is 30.0 Å². The summed E-state index contributed by atoms with van der Waals surface area (Å²) in [6.45, 7) is 6.97. The first kappa shape index (κ1) is 19.7. The van der Waals surface area contributed by atoms with Crippen molar-refractivity contribution >= 4 is 46.9 Å². The van der Waals surface area contributed by atoms with E-state index in [9.17, 15) is 9.59 Å². The van der Waals surface area contributed by atoms with Gasteiger partial charge in [0, 0.05) is 11.3 Å². The number of nitrogens with zero attached hydrogens (tertiary/aromatic N) is 2. The Morgan fingerprint density at radius 3 is 2.52 bits per heavy atom. The normalized spacial score (nSPS) is 12.1. The predicted molar refractivity (Wildman–Crippen MR) is 112 cm³/mol. The van der Waals surface area contributed by atoms with Crippen LogP contribution in [0.2, 0.25) is 0 Å². The smallest absolute Gasteiger partial charge is 0.192 e. The van der Waals surface area contributed by atoms with Crippen molar-refractivity contribution in [3.05, 3.63) is 56.8 Å². The summed E-state index contributed by atoms with van der Waals surface area (Å²) in [7, 11) is 0. The Morgan fingerprint density at radius 2 is 1.93 bits per heavy atom. The number of Topliss-reactive ketones (excluding diaryl/α,β-unsaturated/α-hetero) is 2. The van der Waals surface area contributed by atoms with E-state index in [0.29, 0.717) is 20.8 Å². The highest BCUT2D eigenvalue weighted by Gasteiger charge is 2.25. The monoisotopic (exact) mass is 417 g/mol. The third-order valence-electron chi connectivity index (χ3n) is 4.21. The highest BCUT2D eigenvalue weighted by atomic mass is 32.2. The molecule has 27 heavy (non-hydrogen) atoms. The third kappa shape index (κ3) is 3.97. The number of benzene rings is 1. The van der Waals surface area contributed by atoms with Gasteiger partial charge in [0.1, 0.15) is 0 Å². The summed E-state index contributed by atoms with van der Waals surface area (Å²) in [5.41, 5.74) is 3.42. The molecule has 140 valence electrons. The average molecular weight is 418 g/mol. The number of H-pyrrole nitrogens is 1. The van der Waals surface area contributed by atoms with Crippen molar-refractivity contribution in [2.75, 3.05) is 0 Å². The zero-order valence-electron chi connectivity index (χ0n) is 15.4. The van der Waals surface area contributed by atoms with Crippen molar-refractivity contribution < 1.29 is 9.59 Å². The van der Waals surface area contributed by atoms with E-state index in [-0.39, 0.29) is 16.8 Å². The van der Waals surface area contributed by atoms with Gasteiger partial charge in [0.15, 0.2) is 19.9 Å². The van der Waals surface area contributed by atoms with Gasteiger partial charge in [0.2, 0.25) is 0 Å². The van der Waals surface area contributed by atoms with Crippen LogP contribution < -0.4 is 0 Å². The lowest BCUT2D eigenvalue weighted by Crippen LogP contribution is -2.15. The fraction of sp³-hybridized carbons (Fsp3) is 0.263. The topological polar surface area (TPSA) is 67.8 Å². The fourth-order valence-electron chi connectivity index (χ4n) is 2.97. The molecule has 1 atom stereocenters. The first-order valence-corrected chi connectivity index (χ1v) is 10.5. The minimum Gasteiger partial charge on any atom is -0.355 e. The average Bonchev–Trinajstić information content (AvgIpc) is 3.13. The lowest BCUT2D eigenvalue weighted by Gasteiger charge is -2.08. The molecule has 0 aliphatic carbocycles. The Kier molecular flexibility index (Phi) is 5.78. The fourth-order valence-corrected chi connectivity index (χ4v) is 5.54. The van der Waals surface area contributed by atoms with Crippen LogP contribution in [0.3, 0.4) is 0 Å². The number of carbonyl (C=O) groups is 2. The predicted octanol–water partition coefficient (Wildman–Crippen LogP) is 5.17. The molecule has 0 aliphatic rings. The zero-order chi connectivity index (χ0) is 19.7. The lowest BCUT2D eigenvalue weighted by molar-refractivity contribution is 0.0988. The molecule has 0 saturated carbocycles. The van der Waals surface area contributed by atoms with Crippen molar-refractivity contribution in [1.29, 1.82) is 0 Å². The second kappa shape index (κ2) is 7.92. The first-order chi connectivity index (χ1) is 12.8. The van der Waals surface area contributed by atoms with Gasteiger partial charge in [0.25, 0.3) is 0 Å². The Bertz CT molecular complexity index is 1060. The van der Waals surface area contributed by atoms with Crippen LogP contribution in [0.25, 0.3) is 5.69 Å². The van der Waals surface area contributed by atoms with E-state index in [1.54, 1.807) is 11.6 Å². The van der Waals surface area contributed by atoms with E-state index in [4.69, 9.17) is 12.2 Å². The summed E-state index contributed by atoms with van der Waals surface area (Å²) in [4.78, 5) is 27.8. The second-order valence-corrected chi connectivity index (χ2v) is 9.40. The molecule has 0 saturated heterocycles. The molecule has 0 fully saturated rings. The van der Waals surface area contributed by atoms with Gasteiger partial charge < -0.3 is 4.98 Å². The van der Waals surface area contributed by atoms with Crippen LogP contribution in [0, 0.1) is 17.8 Å². The summed E-state index contributed by atoms with van der Waals surface area (Å²) >= 11 is 8.17. The molecule has 5 nitrogen and oxygen atoms in total. The molecule has 8 heteroatoms. The van der Waals surface area contributed by atoms with Crippen LogP contribution in [0.5, 0.6) is 0 Å². The van der Waals surface area contributed by atoms with Crippen molar-refractivity contribution in [3.63, 3.8) is 0 Å². The van der Waals surface area contributed by atoms with Crippen LogP contribution in [0.4, 0.5) is 0 Å². The molecule has 0 amide bonds. The Labute approximate surface area is 170 Å². The molecule has 0 spiro atoms. The number of carbonyl (C=O) groups excluding carboxylic acids is 2. The van der Waals surface area contributed by atoms with Gasteiger partial charge in [-0.3, -0.25) is 9.59 Å². The van der Waals surface area contributed by atoms with Gasteiger partial charge in [-0.15, -0.1) is 5.10 Å². The third-order valence-corrected chi connectivity index (χ3v) is 6.63. The summed E-state index contributed by atoms with van der Waals surface area (Å²) in [5, 5.41) is 4.19. The van der Waals surface area contributed by atoms with Gasteiger partial charge >= 0.3 is 0 Å². The second-order valence-electron chi connectivity index (χ2n) is 6.19. The number of aromatic nitrogens is 3. The van der Waals surface area contributed by atoms with Gasteiger partial charge in [-0.1, -0.05) is 41.3 Å². The number of aromatic amines is 1. The number of nitrogens with one attached hydrogen (secondary N) is 1. The summed E-state index contributed by atoms with van der Waals surface area (Å²) < 4.78 is 3.07. The van der Waals surface area contributed by atoms with Crippen LogP contribution in [0.15, 0.2) is 34.7 Å². The number of rotatable bonds is 6. The molecule has 0 radical (unpaired) electrons. The Morgan fingerprint density at radius 1 is 1.26 bits per heavy atom. The van der Waals surface area contributed by atoms with Crippen LogP contribution in [-0.4, -0.2) is 31.6 Å². The van der Waals surface area contributed by atoms with Crippen molar-refractivity contribution in [1.82, 2.24) is 14.8 Å². The van der Waals surface area contributed by atoms with Gasteiger partial charge in [0.05, 0.1) is 16.6 Å². The zero-order valence-corrected chi connectivity index (χ0v) is 17.8. The van der Waals surface area contributed by atoms with Crippen molar-refractivity contribution in [2.24, 2.45) is 0 Å². The van der Waals surface area contributed by atoms with Crippen LogP contribution >= 0.6 is 35.3 Å². The Hall–Kier alpha value is -2.03. The maximum absolute atomic E-state index is 12.9. The number of ketones is 2.